The number of phenolic OH excluding ortho intramolecular Hbond substituents is 1. The van der Waals surface area contributed by atoms with Gasteiger partial charge in [-0.05, 0) is 36.2 Å². The first-order valence-corrected chi connectivity index (χ1v) is 8.27. The lowest BCUT2D eigenvalue weighted by atomic mass is 10.0. The molecule has 1 heterocycles. The molecular formula is C19H16ClNO5. The van der Waals surface area contributed by atoms with Gasteiger partial charge in [0, 0.05) is 23.1 Å². The van der Waals surface area contributed by atoms with E-state index in [0.29, 0.717) is 28.0 Å². The first-order chi connectivity index (χ1) is 12.4. The molecule has 3 aromatic rings. The van der Waals surface area contributed by atoms with Crippen molar-refractivity contribution < 1.29 is 19.1 Å². The number of aryl methyl sites for hydroxylation is 1. The average molecular weight is 374 g/mol. The first-order valence-electron chi connectivity index (χ1n) is 7.89. The maximum absolute atomic E-state index is 12.2. The number of aromatic hydroxyl groups is 1. The summed E-state index contributed by atoms with van der Waals surface area (Å²) >= 11 is 5.84. The molecule has 0 unspecified atom stereocenters. The summed E-state index contributed by atoms with van der Waals surface area (Å²) < 4.78 is 10.4. The fourth-order valence-corrected chi connectivity index (χ4v) is 2.72. The van der Waals surface area contributed by atoms with Crippen LogP contribution < -0.4 is 11.4 Å². The van der Waals surface area contributed by atoms with E-state index in [2.05, 4.69) is 0 Å². The number of fused-ring (bicyclic) bond motifs is 1. The highest BCUT2D eigenvalue weighted by Gasteiger charge is 2.13. The summed E-state index contributed by atoms with van der Waals surface area (Å²) in [6, 6.07) is 8.82. The maximum Gasteiger partial charge on any atom is 0.338 e. The number of rotatable bonds is 4. The van der Waals surface area contributed by atoms with Crippen LogP contribution in [0.5, 0.6) is 5.75 Å². The van der Waals surface area contributed by atoms with E-state index < -0.39 is 11.6 Å². The number of esters is 1. The summed E-state index contributed by atoms with van der Waals surface area (Å²) in [6.45, 7) is 1.77. The molecule has 134 valence electrons. The number of nitrogen functional groups attached to an aromatic ring is 1. The van der Waals surface area contributed by atoms with Crippen LogP contribution in [0.25, 0.3) is 11.0 Å². The molecule has 0 spiro atoms. The van der Waals surface area contributed by atoms with E-state index in [9.17, 15) is 14.7 Å². The second-order valence-electron chi connectivity index (χ2n) is 5.73. The monoisotopic (exact) mass is 373 g/mol. The van der Waals surface area contributed by atoms with Crippen LogP contribution >= 0.6 is 11.6 Å². The van der Waals surface area contributed by atoms with Crippen molar-refractivity contribution in [1.82, 2.24) is 0 Å². The van der Waals surface area contributed by atoms with Gasteiger partial charge < -0.3 is 20.0 Å². The minimum absolute atomic E-state index is 0.0499. The second-order valence-corrected chi connectivity index (χ2v) is 6.14. The lowest BCUT2D eigenvalue weighted by Crippen LogP contribution is -2.08. The van der Waals surface area contributed by atoms with Gasteiger partial charge in [-0.3, -0.25) is 0 Å². The third kappa shape index (κ3) is 3.50. The number of nitrogens with two attached hydrogens (primary N) is 1. The molecule has 1 aromatic heterocycles. The highest BCUT2D eigenvalue weighted by Crippen LogP contribution is 2.27. The van der Waals surface area contributed by atoms with Crippen molar-refractivity contribution in [2.75, 3.05) is 5.73 Å². The van der Waals surface area contributed by atoms with Crippen molar-refractivity contribution in [2.24, 2.45) is 0 Å². The van der Waals surface area contributed by atoms with Gasteiger partial charge in [-0.2, -0.15) is 0 Å². The second kappa shape index (κ2) is 7.09. The van der Waals surface area contributed by atoms with E-state index >= 15 is 0 Å². The van der Waals surface area contributed by atoms with Crippen molar-refractivity contribution >= 4 is 34.2 Å². The van der Waals surface area contributed by atoms with Gasteiger partial charge in [0.2, 0.25) is 0 Å². The Hall–Kier alpha value is -2.99. The number of ether oxygens (including phenoxy) is 1. The number of benzene rings is 2. The molecule has 0 fully saturated rings. The first kappa shape index (κ1) is 17.8. The normalized spacial score (nSPS) is 10.8. The zero-order valence-corrected chi connectivity index (χ0v) is 14.7. The Morgan fingerprint density at radius 2 is 2.00 bits per heavy atom. The van der Waals surface area contributed by atoms with E-state index in [4.69, 9.17) is 26.5 Å². The number of phenols is 1. The molecule has 0 aliphatic carbocycles. The summed E-state index contributed by atoms with van der Waals surface area (Å²) in [7, 11) is 0. The fraction of sp³-hybridized carbons (Fsp3) is 0.158. The summed E-state index contributed by atoms with van der Waals surface area (Å²) in [5.41, 5.74) is 7.04. The standard InChI is InChI=1S/C19H16ClNO5/c1-2-10-5-13-12(7-18(23)26-17(13)8-16(10)22)9-25-19(24)11-3-4-14(20)15(21)6-11/h3-8,22H,2,9,21H2,1H3. The number of halogens is 1. The predicted octanol–water partition coefficient (Wildman–Crippen LogP) is 3.65. The molecule has 6 nitrogen and oxygen atoms in total. The maximum atomic E-state index is 12.2. The van der Waals surface area contributed by atoms with Gasteiger partial charge in [0.1, 0.15) is 17.9 Å². The van der Waals surface area contributed by atoms with Crippen LogP contribution in [0, 0.1) is 0 Å². The van der Waals surface area contributed by atoms with Gasteiger partial charge in [0.05, 0.1) is 16.3 Å². The van der Waals surface area contributed by atoms with Gasteiger partial charge >= 0.3 is 11.6 Å². The van der Waals surface area contributed by atoms with E-state index in [1.54, 1.807) is 6.07 Å². The third-order valence-corrected chi connectivity index (χ3v) is 4.34. The van der Waals surface area contributed by atoms with Crippen LogP contribution in [0.1, 0.15) is 28.4 Å². The van der Waals surface area contributed by atoms with E-state index in [0.717, 1.165) is 0 Å². The minimum Gasteiger partial charge on any atom is -0.508 e. The minimum atomic E-state index is -0.595. The molecule has 7 heteroatoms. The van der Waals surface area contributed by atoms with Crippen molar-refractivity contribution in [3.63, 3.8) is 0 Å². The summed E-state index contributed by atoms with van der Waals surface area (Å²) in [5.74, 6) is -0.543. The zero-order chi connectivity index (χ0) is 18.8. The van der Waals surface area contributed by atoms with Crippen molar-refractivity contribution in [1.29, 1.82) is 0 Å². The summed E-state index contributed by atoms with van der Waals surface area (Å²) in [4.78, 5) is 24.0. The molecule has 0 aliphatic rings. The van der Waals surface area contributed by atoms with Crippen LogP contribution in [0.3, 0.4) is 0 Å². The average Bonchev–Trinajstić information content (AvgIpc) is 2.61. The Kier molecular flexibility index (Phi) is 4.86. The highest BCUT2D eigenvalue weighted by molar-refractivity contribution is 6.33. The van der Waals surface area contributed by atoms with Gasteiger partial charge in [-0.15, -0.1) is 0 Å². The quantitative estimate of drug-likeness (QED) is 0.411. The Morgan fingerprint density at radius 1 is 1.23 bits per heavy atom. The lowest BCUT2D eigenvalue weighted by molar-refractivity contribution is 0.0474. The van der Waals surface area contributed by atoms with Gasteiger partial charge in [-0.25, -0.2) is 9.59 Å². The van der Waals surface area contributed by atoms with Crippen LogP contribution in [-0.4, -0.2) is 11.1 Å². The largest absolute Gasteiger partial charge is 0.508 e. The molecular weight excluding hydrogens is 358 g/mol. The Morgan fingerprint density at radius 3 is 2.69 bits per heavy atom. The van der Waals surface area contributed by atoms with Crippen molar-refractivity contribution in [3.05, 3.63) is 68.5 Å². The fourth-order valence-electron chi connectivity index (χ4n) is 2.61. The molecule has 26 heavy (non-hydrogen) atoms. The highest BCUT2D eigenvalue weighted by atomic mass is 35.5. The van der Waals surface area contributed by atoms with Crippen molar-refractivity contribution in [2.45, 2.75) is 20.0 Å². The molecule has 0 saturated heterocycles. The number of carbonyl (C=O) groups is 1. The topological polar surface area (TPSA) is 103 Å². The molecule has 0 amide bonds. The van der Waals surface area contributed by atoms with Gasteiger partial charge in [0.15, 0.2) is 0 Å². The van der Waals surface area contributed by atoms with Crippen LogP contribution in [0.4, 0.5) is 5.69 Å². The molecule has 3 rings (SSSR count). The smallest absolute Gasteiger partial charge is 0.338 e. The number of anilines is 1. The number of hydrogen-bond acceptors (Lipinski definition) is 6. The predicted molar refractivity (Wildman–Crippen MR) is 98.5 cm³/mol. The molecule has 0 radical (unpaired) electrons. The summed E-state index contributed by atoms with van der Waals surface area (Å²) in [5, 5.41) is 10.9. The van der Waals surface area contributed by atoms with Gasteiger partial charge in [0.25, 0.3) is 0 Å². The third-order valence-electron chi connectivity index (χ3n) is 4.00. The van der Waals surface area contributed by atoms with E-state index in [1.165, 1.54) is 30.3 Å². The van der Waals surface area contributed by atoms with Crippen molar-refractivity contribution in [3.8, 4) is 5.75 Å². The molecule has 0 bridgehead atoms. The van der Waals surface area contributed by atoms with Gasteiger partial charge in [-0.1, -0.05) is 18.5 Å². The summed E-state index contributed by atoms with van der Waals surface area (Å²) in [6.07, 6.45) is 0.601. The molecule has 2 aromatic carbocycles. The molecule has 3 N–H and O–H groups in total. The van der Waals surface area contributed by atoms with E-state index in [1.807, 2.05) is 6.92 Å². The lowest BCUT2D eigenvalue weighted by Gasteiger charge is -2.10. The zero-order valence-electron chi connectivity index (χ0n) is 13.9. The number of hydrogen-bond donors (Lipinski definition) is 2. The molecule has 0 saturated carbocycles. The molecule has 0 aliphatic heterocycles. The molecule has 0 atom stereocenters. The SMILES string of the molecule is CCc1cc2c(COC(=O)c3ccc(Cl)c(N)c3)cc(=O)oc2cc1O. The van der Waals surface area contributed by atoms with E-state index in [-0.39, 0.29) is 29.2 Å². The Balaban J connectivity index is 1.91. The number of carbonyl (C=O) groups excluding carboxylic acids is 1. The van der Waals surface area contributed by atoms with Crippen LogP contribution in [0.2, 0.25) is 5.02 Å². The Bertz CT molecular complexity index is 1060. The van der Waals surface area contributed by atoms with Crippen LogP contribution in [-0.2, 0) is 17.8 Å². The Labute approximate surface area is 153 Å². The van der Waals surface area contributed by atoms with Crippen LogP contribution in [0.15, 0.2) is 45.6 Å².